The molecule has 0 aromatic heterocycles. The minimum atomic E-state index is -2.07. The van der Waals surface area contributed by atoms with Crippen LogP contribution in [0.1, 0.15) is 66.2 Å². The fraction of sp³-hybridized carbons (Fsp3) is 0.577. The quantitative estimate of drug-likeness (QED) is 0.281. The van der Waals surface area contributed by atoms with E-state index in [4.69, 9.17) is 0 Å². The average Bonchev–Trinajstić information content (AvgIpc) is 2.91. The van der Waals surface area contributed by atoms with Crippen LogP contribution in [0.5, 0.6) is 0 Å². The molecule has 2 aliphatic heterocycles. The fourth-order valence-corrected chi connectivity index (χ4v) is 4.74. The number of carbonyl (C=O) groups is 5. The number of carboxylic acids is 1. The van der Waals surface area contributed by atoms with Crippen LogP contribution in [0.3, 0.4) is 0 Å². The number of amides is 3. The van der Waals surface area contributed by atoms with Gasteiger partial charge >= 0.3 is 11.9 Å². The average molecular weight is 517 g/mol. The molecule has 0 spiro atoms. The van der Waals surface area contributed by atoms with Crippen molar-refractivity contribution in [2.24, 2.45) is 11.8 Å². The highest BCUT2D eigenvalue weighted by atomic mass is 16.5. The van der Waals surface area contributed by atoms with E-state index in [9.17, 15) is 29.1 Å². The van der Waals surface area contributed by atoms with Gasteiger partial charge in [0.1, 0.15) is 0 Å². The molecule has 37 heavy (non-hydrogen) atoms. The number of benzene rings is 1. The number of hydrogen-bond donors (Lipinski definition) is 4. The summed E-state index contributed by atoms with van der Waals surface area (Å²) in [5, 5.41) is 17.9. The Bertz CT molecular complexity index is 1010. The van der Waals surface area contributed by atoms with Gasteiger partial charge in [0.25, 0.3) is 5.91 Å². The Labute approximate surface area is 216 Å². The Kier molecular flexibility index (Phi) is 9.62. The molecule has 0 radical (unpaired) electrons. The first-order valence-electron chi connectivity index (χ1n) is 12.7. The summed E-state index contributed by atoms with van der Waals surface area (Å²) >= 11 is 0. The molecular formula is C26H36N4O7. The Morgan fingerprint density at radius 1 is 1.05 bits per heavy atom. The number of hydrogen-bond acceptors (Lipinski definition) is 7. The number of likely N-dealkylation sites (tertiary alicyclic amines) is 1. The van der Waals surface area contributed by atoms with Crippen LogP contribution in [0.2, 0.25) is 0 Å². The Balaban J connectivity index is 1.58. The SMILES string of the molecule is COC(=O)c1ccc(C(=O)N[C@@](C)(NC(=O)C2CCCN(C(=O)CCC3CCNCC3)C2)C(=O)O)cc1. The van der Waals surface area contributed by atoms with Crippen LogP contribution in [0.25, 0.3) is 0 Å². The van der Waals surface area contributed by atoms with Gasteiger partial charge in [0.05, 0.1) is 18.6 Å². The van der Waals surface area contributed by atoms with E-state index in [1.165, 1.54) is 38.3 Å². The summed E-state index contributed by atoms with van der Waals surface area (Å²) in [6.45, 7) is 3.93. The van der Waals surface area contributed by atoms with E-state index in [2.05, 4.69) is 20.7 Å². The standard InChI is InChI=1S/C26H36N4O7/c1-26(25(35)36,28-22(32)18-6-8-19(9-7-18)24(34)37-2)29-23(33)20-4-3-15-30(16-20)21(31)10-5-17-11-13-27-14-12-17/h6-9,17,20,27H,3-5,10-16H2,1-2H3,(H,28,32)(H,29,33)(H,35,36)/t20?,26-/m0/s1. The maximum atomic E-state index is 13.0. The zero-order valence-electron chi connectivity index (χ0n) is 21.4. The number of aliphatic carboxylic acids is 1. The van der Waals surface area contributed by atoms with Crippen molar-refractivity contribution >= 4 is 29.7 Å². The number of nitrogens with zero attached hydrogens (tertiary/aromatic N) is 1. The fourth-order valence-electron chi connectivity index (χ4n) is 4.74. The van der Waals surface area contributed by atoms with Crippen LogP contribution in [-0.2, 0) is 19.1 Å². The van der Waals surface area contributed by atoms with E-state index in [1.807, 2.05) is 0 Å². The summed E-state index contributed by atoms with van der Waals surface area (Å²) in [5.41, 5.74) is -1.73. The van der Waals surface area contributed by atoms with Crippen LogP contribution in [0, 0.1) is 11.8 Å². The molecule has 3 rings (SSSR count). The van der Waals surface area contributed by atoms with E-state index < -0.39 is 35.3 Å². The molecule has 2 saturated heterocycles. The number of esters is 1. The first kappa shape index (κ1) is 28.1. The molecule has 2 atom stereocenters. The predicted molar refractivity (Wildman–Crippen MR) is 134 cm³/mol. The molecule has 1 aromatic rings. The third kappa shape index (κ3) is 7.51. The molecule has 1 aromatic carbocycles. The van der Waals surface area contributed by atoms with E-state index >= 15 is 0 Å². The van der Waals surface area contributed by atoms with E-state index in [0.717, 1.165) is 32.4 Å². The minimum Gasteiger partial charge on any atom is -0.478 e. The van der Waals surface area contributed by atoms with Crippen molar-refractivity contribution in [2.45, 2.75) is 51.1 Å². The molecule has 2 heterocycles. The highest BCUT2D eigenvalue weighted by Crippen LogP contribution is 2.22. The van der Waals surface area contributed by atoms with Gasteiger partial charge in [-0.1, -0.05) is 0 Å². The molecule has 11 nitrogen and oxygen atoms in total. The van der Waals surface area contributed by atoms with Gasteiger partial charge in [-0.15, -0.1) is 0 Å². The summed E-state index contributed by atoms with van der Waals surface area (Å²) in [4.78, 5) is 63.9. The third-order valence-electron chi connectivity index (χ3n) is 7.10. The molecule has 3 amide bonds. The van der Waals surface area contributed by atoms with Gasteiger partial charge in [0, 0.05) is 25.1 Å². The van der Waals surface area contributed by atoms with Gasteiger partial charge in [0.15, 0.2) is 0 Å². The molecule has 11 heteroatoms. The topological polar surface area (TPSA) is 154 Å². The smallest absolute Gasteiger partial charge is 0.350 e. The van der Waals surface area contributed by atoms with Crippen molar-refractivity contribution in [1.29, 1.82) is 0 Å². The van der Waals surface area contributed by atoms with E-state index in [-0.39, 0.29) is 23.6 Å². The molecule has 2 fully saturated rings. The van der Waals surface area contributed by atoms with Crippen molar-refractivity contribution in [2.75, 3.05) is 33.3 Å². The van der Waals surface area contributed by atoms with Gasteiger partial charge in [-0.05, 0) is 82.3 Å². The zero-order valence-corrected chi connectivity index (χ0v) is 21.4. The molecule has 202 valence electrons. The van der Waals surface area contributed by atoms with Crippen molar-refractivity contribution < 1.29 is 33.8 Å². The number of rotatable bonds is 9. The predicted octanol–water partition coefficient (Wildman–Crippen LogP) is 1.14. The minimum absolute atomic E-state index is 0.0146. The molecule has 0 saturated carbocycles. The van der Waals surface area contributed by atoms with Crippen LogP contribution in [-0.4, -0.2) is 78.6 Å². The first-order valence-corrected chi connectivity index (χ1v) is 12.7. The summed E-state index contributed by atoms with van der Waals surface area (Å²) in [6, 6.07) is 5.49. The lowest BCUT2D eigenvalue weighted by Gasteiger charge is -2.35. The van der Waals surface area contributed by atoms with Gasteiger partial charge in [0.2, 0.25) is 17.5 Å². The van der Waals surface area contributed by atoms with Crippen LogP contribution < -0.4 is 16.0 Å². The summed E-state index contributed by atoms with van der Waals surface area (Å²) in [5.74, 6) is -3.31. The maximum absolute atomic E-state index is 13.0. The van der Waals surface area contributed by atoms with E-state index in [1.54, 1.807) is 4.90 Å². The van der Waals surface area contributed by atoms with Crippen LogP contribution in [0.15, 0.2) is 24.3 Å². The van der Waals surface area contributed by atoms with Gasteiger partial charge in [-0.3, -0.25) is 14.4 Å². The van der Waals surface area contributed by atoms with Crippen molar-refractivity contribution in [3.05, 3.63) is 35.4 Å². The first-order chi connectivity index (χ1) is 17.6. The second-order valence-electron chi connectivity index (χ2n) is 9.85. The lowest BCUT2D eigenvalue weighted by atomic mass is 9.92. The molecule has 1 unspecified atom stereocenters. The zero-order chi connectivity index (χ0) is 27.0. The third-order valence-corrected chi connectivity index (χ3v) is 7.10. The number of nitrogens with one attached hydrogen (secondary N) is 3. The van der Waals surface area contributed by atoms with Gasteiger partial charge in [-0.25, -0.2) is 9.59 Å². The molecule has 0 bridgehead atoms. The van der Waals surface area contributed by atoms with E-state index in [0.29, 0.717) is 31.7 Å². The summed E-state index contributed by atoms with van der Waals surface area (Å²) in [6.07, 6.45) is 4.55. The Hall–Kier alpha value is -3.47. The molecular weight excluding hydrogens is 480 g/mol. The van der Waals surface area contributed by atoms with Crippen LogP contribution in [0.4, 0.5) is 0 Å². The van der Waals surface area contributed by atoms with Crippen molar-refractivity contribution in [3.8, 4) is 0 Å². The normalized spacial score (nSPS) is 19.8. The number of methoxy groups -OCH3 is 1. The lowest BCUT2D eigenvalue weighted by molar-refractivity contribution is -0.149. The van der Waals surface area contributed by atoms with Crippen LogP contribution >= 0.6 is 0 Å². The highest BCUT2D eigenvalue weighted by Gasteiger charge is 2.39. The largest absolute Gasteiger partial charge is 0.478 e. The summed E-state index contributed by atoms with van der Waals surface area (Å²) < 4.78 is 4.62. The van der Waals surface area contributed by atoms with Crippen molar-refractivity contribution in [3.63, 3.8) is 0 Å². The second kappa shape index (κ2) is 12.7. The lowest BCUT2D eigenvalue weighted by Crippen LogP contribution is -2.65. The number of carbonyl (C=O) groups excluding carboxylic acids is 4. The van der Waals surface area contributed by atoms with Gasteiger partial charge in [-0.2, -0.15) is 0 Å². The highest BCUT2D eigenvalue weighted by molar-refractivity contribution is 6.00. The Morgan fingerprint density at radius 2 is 1.70 bits per heavy atom. The van der Waals surface area contributed by atoms with Gasteiger partial charge < -0.3 is 30.7 Å². The molecule has 0 aliphatic carbocycles. The number of ether oxygens (including phenoxy) is 1. The van der Waals surface area contributed by atoms with Crippen molar-refractivity contribution in [1.82, 2.24) is 20.9 Å². The summed E-state index contributed by atoms with van der Waals surface area (Å²) in [7, 11) is 1.24. The number of carboxylic acid groups (broad SMARTS) is 1. The Morgan fingerprint density at radius 3 is 2.32 bits per heavy atom. The maximum Gasteiger partial charge on any atom is 0.350 e. The molecule has 4 N–H and O–H groups in total. The molecule has 2 aliphatic rings. The second-order valence-corrected chi connectivity index (χ2v) is 9.85. The number of piperidine rings is 2. The monoisotopic (exact) mass is 516 g/mol.